The lowest BCUT2D eigenvalue weighted by Gasteiger charge is -2.25. The Labute approximate surface area is 124 Å². The highest BCUT2D eigenvalue weighted by molar-refractivity contribution is 5.19. The van der Waals surface area contributed by atoms with E-state index >= 15 is 0 Å². The zero-order chi connectivity index (χ0) is 15.2. The van der Waals surface area contributed by atoms with E-state index in [2.05, 4.69) is 0 Å². The number of benzene rings is 2. The Morgan fingerprint density at radius 3 is 1.81 bits per heavy atom. The van der Waals surface area contributed by atoms with Crippen molar-refractivity contribution in [1.29, 1.82) is 0 Å². The Morgan fingerprint density at radius 1 is 0.810 bits per heavy atom. The second kappa shape index (κ2) is 7.31. The number of aliphatic hydroxyl groups is 1. The number of nitrogens with two attached hydrogens (primary N) is 2. The largest absolute Gasteiger partial charge is 0.390 e. The second-order valence-corrected chi connectivity index (χ2v) is 5.34. The monoisotopic (exact) mass is 288 g/mol. The van der Waals surface area contributed by atoms with Crippen molar-refractivity contribution in [1.82, 2.24) is 0 Å². The van der Waals surface area contributed by atoms with Crippen LogP contribution in [0.5, 0.6) is 0 Å². The van der Waals surface area contributed by atoms with Crippen molar-refractivity contribution >= 4 is 0 Å². The van der Waals surface area contributed by atoms with Crippen LogP contribution in [0.4, 0.5) is 4.39 Å². The van der Waals surface area contributed by atoms with Crippen molar-refractivity contribution in [2.45, 2.75) is 31.0 Å². The summed E-state index contributed by atoms with van der Waals surface area (Å²) in [7, 11) is 0. The van der Waals surface area contributed by atoms with Gasteiger partial charge in [-0.15, -0.1) is 0 Å². The van der Waals surface area contributed by atoms with Crippen LogP contribution in [0.1, 0.15) is 11.1 Å². The highest BCUT2D eigenvalue weighted by atomic mass is 19.1. The fourth-order valence-electron chi connectivity index (χ4n) is 2.34. The molecular formula is C17H21FN2O. The molecule has 0 aliphatic heterocycles. The standard InChI is InChI=1S/C17H21FN2O/c18-14-8-6-13(7-9-14)11-16(20)17(21)15(19)10-12-4-2-1-3-5-12/h1-9,15-17,21H,10-11,19-20H2. The molecule has 5 N–H and O–H groups in total. The van der Waals surface area contributed by atoms with Gasteiger partial charge in [-0.25, -0.2) is 4.39 Å². The number of hydrogen-bond acceptors (Lipinski definition) is 3. The fraction of sp³-hybridized carbons (Fsp3) is 0.294. The van der Waals surface area contributed by atoms with Gasteiger partial charge in [0.2, 0.25) is 0 Å². The van der Waals surface area contributed by atoms with Gasteiger partial charge in [0.15, 0.2) is 0 Å². The molecule has 2 aromatic rings. The van der Waals surface area contributed by atoms with Crippen LogP contribution in [0, 0.1) is 5.82 Å². The number of halogens is 1. The van der Waals surface area contributed by atoms with Crippen LogP contribution in [0.15, 0.2) is 54.6 Å². The molecule has 0 heterocycles. The molecule has 0 amide bonds. The normalized spacial score (nSPS) is 15.4. The van der Waals surface area contributed by atoms with Gasteiger partial charge in [0, 0.05) is 12.1 Å². The first-order valence-corrected chi connectivity index (χ1v) is 7.04. The quantitative estimate of drug-likeness (QED) is 0.756. The average molecular weight is 288 g/mol. The number of hydrogen-bond donors (Lipinski definition) is 3. The minimum Gasteiger partial charge on any atom is -0.390 e. The van der Waals surface area contributed by atoms with E-state index in [9.17, 15) is 9.50 Å². The third kappa shape index (κ3) is 4.63. The minimum atomic E-state index is -0.810. The zero-order valence-corrected chi connectivity index (χ0v) is 11.8. The maximum atomic E-state index is 12.9. The lowest BCUT2D eigenvalue weighted by atomic mass is 9.94. The summed E-state index contributed by atoms with van der Waals surface area (Å²) in [4.78, 5) is 0. The van der Waals surface area contributed by atoms with E-state index in [0.717, 1.165) is 11.1 Å². The molecule has 3 atom stereocenters. The summed E-state index contributed by atoms with van der Waals surface area (Å²) >= 11 is 0. The molecule has 21 heavy (non-hydrogen) atoms. The molecule has 2 aromatic carbocycles. The second-order valence-electron chi connectivity index (χ2n) is 5.34. The molecule has 112 valence electrons. The van der Waals surface area contributed by atoms with E-state index in [1.54, 1.807) is 12.1 Å². The maximum Gasteiger partial charge on any atom is 0.123 e. The third-order valence-corrected chi connectivity index (χ3v) is 3.58. The van der Waals surface area contributed by atoms with Gasteiger partial charge in [0.1, 0.15) is 5.82 Å². The van der Waals surface area contributed by atoms with Gasteiger partial charge in [-0.3, -0.25) is 0 Å². The predicted octanol–water partition coefficient (Wildman–Crippen LogP) is 1.63. The third-order valence-electron chi connectivity index (χ3n) is 3.58. The Morgan fingerprint density at radius 2 is 1.29 bits per heavy atom. The van der Waals surface area contributed by atoms with Crippen LogP contribution in [0.2, 0.25) is 0 Å². The van der Waals surface area contributed by atoms with Crippen LogP contribution < -0.4 is 11.5 Å². The maximum absolute atomic E-state index is 12.9. The highest BCUT2D eigenvalue weighted by Crippen LogP contribution is 2.11. The number of rotatable bonds is 6. The summed E-state index contributed by atoms with van der Waals surface area (Å²) in [5, 5.41) is 10.2. The fourth-order valence-corrected chi connectivity index (χ4v) is 2.34. The summed E-state index contributed by atoms with van der Waals surface area (Å²) in [6, 6.07) is 15.0. The molecule has 0 radical (unpaired) electrons. The number of aliphatic hydroxyl groups excluding tert-OH is 1. The van der Waals surface area contributed by atoms with Crippen molar-refractivity contribution in [3.8, 4) is 0 Å². The first-order valence-electron chi connectivity index (χ1n) is 7.04. The van der Waals surface area contributed by atoms with Gasteiger partial charge >= 0.3 is 0 Å². The van der Waals surface area contributed by atoms with E-state index in [-0.39, 0.29) is 5.82 Å². The van der Waals surface area contributed by atoms with E-state index < -0.39 is 18.2 Å². The predicted molar refractivity (Wildman–Crippen MR) is 82.2 cm³/mol. The topological polar surface area (TPSA) is 72.3 Å². The molecule has 0 aliphatic carbocycles. The van der Waals surface area contributed by atoms with Gasteiger partial charge < -0.3 is 16.6 Å². The first-order chi connectivity index (χ1) is 10.1. The Hall–Kier alpha value is -1.75. The lowest BCUT2D eigenvalue weighted by Crippen LogP contribution is -2.49. The van der Waals surface area contributed by atoms with Crippen molar-refractivity contribution < 1.29 is 9.50 Å². The lowest BCUT2D eigenvalue weighted by molar-refractivity contribution is 0.116. The van der Waals surface area contributed by atoms with Gasteiger partial charge in [0.05, 0.1) is 6.10 Å². The van der Waals surface area contributed by atoms with E-state index in [1.165, 1.54) is 12.1 Å². The van der Waals surface area contributed by atoms with Crippen molar-refractivity contribution in [3.05, 3.63) is 71.5 Å². The Bertz CT molecular complexity index is 544. The molecule has 3 unspecified atom stereocenters. The SMILES string of the molecule is NC(Cc1ccccc1)C(O)C(N)Cc1ccc(F)cc1. The first kappa shape index (κ1) is 15.6. The van der Waals surface area contributed by atoms with Crippen LogP contribution >= 0.6 is 0 Å². The molecule has 2 rings (SSSR count). The molecule has 3 nitrogen and oxygen atoms in total. The minimum absolute atomic E-state index is 0.284. The summed E-state index contributed by atoms with van der Waals surface area (Å²) in [6.45, 7) is 0. The average Bonchev–Trinajstić information content (AvgIpc) is 2.49. The Kier molecular flexibility index (Phi) is 5.44. The molecule has 4 heteroatoms. The molecule has 0 spiro atoms. The van der Waals surface area contributed by atoms with Gasteiger partial charge in [0.25, 0.3) is 0 Å². The van der Waals surface area contributed by atoms with Gasteiger partial charge in [-0.1, -0.05) is 42.5 Å². The molecule has 0 aromatic heterocycles. The van der Waals surface area contributed by atoms with Crippen LogP contribution in [-0.4, -0.2) is 23.3 Å². The molecule has 0 bridgehead atoms. The summed E-state index contributed by atoms with van der Waals surface area (Å²) in [5.74, 6) is -0.284. The van der Waals surface area contributed by atoms with Crippen molar-refractivity contribution in [2.24, 2.45) is 11.5 Å². The van der Waals surface area contributed by atoms with E-state index in [0.29, 0.717) is 12.8 Å². The Balaban J connectivity index is 1.92. The molecule has 0 saturated heterocycles. The zero-order valence-electron chi connectivity index (χ0n) is 11.8. The van der Waals surface area contributed by atoms with Crippen LogP contribution in [0.25, 0.3) is 0 Å². The van der Waals surface area contributed by atoms with Crippen molar-refractivity contribution in [2.75, 3.05) is 0 Å². The molecular weight excluding hydrogens is 267 g/mol. The molecule has 0 fully saturated rings. The summed E-state index contributed by atoms with van der Waals surface area (Å²) in [6.07, 6.45) is 0.221. The summed E-state index contributed by atoms with van der Waals surface area (Å²) < 4.78 is 12.9. The van der Waals surface area contributed by atoms with Gasteiger partial charge in [-0.05, 0) is 36.1 Å². The van der Waals surface area contributed by atoms with Gasteiger partial charge in [-0.2, -0.15) is 0 Å². The van der Waals surface area contributed by atoms with Crippen LogP contribution in [-0.2, 0) is 12.8 Å². The van der Waals surface area contributed by atoms with Crippen LogP contribution in [0.3, 0.4) is 0 Å². The summed E-state index contributed by atoms with van der Waals surface area (Å²) in [5.41, 5.74) is 14.0. The highest BCUT2D eigenvalue weighted by Gasteiger charge is 2.22. The van der Waals surface area contributed by atoms with E-state index in [1.807, 2.05) is 30.3 Å². The van der Waals surface area contributed by atoms with Crippen molar-refractivity contribution in [3.63, 3.8) is 0 Å². The smallest absolute Gasteiger partial charge is 0.123 e. The van der Waals surface area contributed by atoms with E-state index in [4.69, 9.17) is 11.5 Å². The molecule has 0 aliphatic rings. The molecule has 0 saturated carbocycles.